The number of hydrogen-bond donors (Lipinski definition) is 1. The van der Waals surface area contributed by atoms with E-state index in [1.165, 1.54) is 0 Å². The highest BCUT2D eigenvalue weighted by atomic mass is 32.2. The summed E-state index contributed by atoms with van der Waals surface area (Å²) in [7, 11) is 0. The number of ether oxygens (including phenoxy) is 4. The van der Waals surface area contributed by atoms with Crippen molar-refractivity contribution in [3.8, 4) is 11.5 Å². The van der Waals surface area contributed by atoms with E-state index in [2.05, 4.69) is 5.32 Å². The highest BCUT2D eigenvalue weighted by molar-refractivity contribution is 8.18. The number of hydrogen-bond acceptors (Lipinski definition) is 8. The molecule has 0 saturated carbocycles. The Morgan fingerprint density at radius 3 is 3.00 bits per heavy atom. The number of carbonyl (C=O) groups excluding carboxylic acids is 3. The average Bonchev–Trinajstić information content (AvgIpc) is 3.49. The largest absolute Gasteiger partial charge is 0.454 e. The maximum absolute atomic E-state index is 12.6. The number of thioether (sulfide) groups is 1. The third kappa shape index (κ3) is 5.20. The van der Waals surface area contributed by atoms with Crippen LogP contribution in [-0.2, 0) is 19.1 Å². The minimum atomic E-state index is -0.634. The molecule has 1 aromatic carbocycles. The molecule has 2 fully saturated rings. The molecule has 10 heteroatoms. The van der Waals surface area contributed by atoms with Crippen molar-refractivity contribution >= 4 is 34.9 Å². The number of fused-ring (bicyclic) bond motifs is 1. The van der Waals surface area contributed by atoms with Crippen molar-refractivity contribution < 1.29 is 33.3 Å². The Kier molecular flexibility index (Phi) is 6.79. The van der Waals surface area contributed by atoms with Gasteiger partial charge in [0.2, 0.25) is 12.7 Å². The van der Waals surface area contributed by atoms with E-state index < -0.39 is 6.10 Å². The van der Waals surface area contributed by atoms with Gasteiger partial charge in [0.15, 0.2) is 11.5 Å². The first-order chi connectivity index (χ1) is 15.0. The molecule has 9 nitrogen and oxygen atoms in total. The summed E-state index contributed by atoms with van der Waals surface area (Å²) in [5.74, 6) is 0.576. The van der Waals surface area contributed by atoms with Gasteiger partial charge in [0.1, 0.15) is 6.10 Å². The van der Waals surface area contributed by atoms with Gasteiger partial charge in [-0.05, 0) is 55.3 Å². The molecule has 0 aliphatic carbocycles. The number of benzene rings is 1. The van der Waals surface area contributed by atoms with Gasteiger partial charge in [-0.25, -0.2) is 0 Å². The van der Waals surface area contributed by atoms with Crippen LogP contribution in [0.4, 0.5) is 4.79 Å². The Labute approximate surface area is 184 Å². The van der Waals surface area contributed by atoms with Crippen molar-refractivity contribution in [1.82, 2.24) is 10.2 Å². The Morgan fingerprint density at radius 2 is 2.19 bits per heavy atom. The standard InChI is InChI=1S/C21H24N2O7S/c1-13(28-11-15-3-2-8-27-15)19(24)22-6-7-23-20(25)18(31-21(23)26)10-14-4-5-16-17(9-14)30-12-29-16/h4-5,9-10,13,15H,2-3,6-8,11-12H2,1H3,(H,22,24)/b18-10+. The number of rotatable bonds is 8. The molecule has 1 N–H and O–H groups in total. The third-order valence-corrected chi connectivity index (χ3v) is 6.04. The zero-order valence-corrected chi connectivity index (χ0v) is 17.9. The summed E-state index contributed by atoms with van der Waals surface area (Å²) in [6.07, 6.45) is 3.00. The van der Waals surface area contributed by atoms with Crippen molar-refractivity contribution in [2.45, 2.75) is 32.0 Å². The number of nitrogens with zero attached hydrogens (tertiary/aromatic N) is 1. The molecule has 0 bridgehead atoms. The second kappa shape index (κ2) is 9.71. The minimum absolute atomic E-state index is 0.0436. The van der Waals surface area contributed by atoms with Gasteiger partial charge in [0.05, 0.1) is 17.6 Å². The second-order valence-corrected chi connectivity index (χ2v) is 8.34. The summed E-state index contributed by atoms with van der Waals surface area (Å²) < 4.78 is 21.6. The lowest BCUT2D eigenvalue weighted by Crippen LogP contribution is -2.41. The number of imide groups is 1. The smallest absolute Gasteiger partial charge is 0.293 e. The molecule has 3 aliphatic rings. The average molecular weight is 448 g/mol. The first-order valence-electron chi connectivity index (χ1n) is 10.2. The van der Waals surface area contributed by atoms with E-state index >= 15 is 0 Å². The number of amides is 3. The molecular weight excluding hydrogens is 424 g/mol. The van der Waals surface area contributed by atoms with Gasteiger partial charge in [-0.15, -0.1) is 0 Å². The van der Waals surface area contributed by atoms with Gasteiger partial charge in [0.25, 0.3) is 11.1 Å². The summed E-state index contributed by atoms with van der Waals surface area (Å²) >= 11 is 0.872. The number of nitrogens with one attached hydrogen (secondary N) is 1. The fourth-order valence-corrected chi connectivity index (χ4v) is 4.25. The maximum Gasteiger partial charge on any atom is 0.293 e. The van der Waals surface area contributed by atoms with Crippen LogP contribution in [0.5, 0.6) is 11.5 Å². The van der Waals surface area contributed by atoms with Gasteiger partial charge in [-0.3, -0.25) is 19.3 Å². The van der Waals surface area contributed by atoms with Crippen molar-refractivity contribution in [2.24, 2.45) is 0 Å². The van der Waals surface area contributed by atoms with Gasteiger partial charge >= 0.3 is 0 Å². The monoisotopic (exact) mass is 448 g/mol. The highest BCUT2D eigenvalue weighted by Gasteiger charge is 2.35. The summed E-state index contributed by atoms with van der Waals surface area (Å²) in [5, 5.41) is 2.34. The lowest BCUT2D eigenvalue weighted by Gasteiger charge is -2.17. The van der Waals surface area contributed by atoms with Gasteiger partial charge < -0.3 is 24.3 Å². The van der Waals surface area contributed by atoms with Crippen LogP contribution in [-0.4, -0.2) is 67.3 Å². The van der Waals surface area contributed by atoms with Crippen LogP contribution in [0.25, 0.3) is 6.08 Å². The molecule has 0 spiro atoms. The molecule has 0 aromatic heterocycles. The SMILES string of the molecule is CC(OCC1CCCO1)C(=O)NCCN1C(=O)S/C(=C/c2ccc3c(c2)OCO3)C1=O. The summed E-state index contributed by atoms with van der Waals surface area (Å²) in [6, 6.07) is 5.31. The van der Waals surface area contributed by atoms with Crippen LogP contribution in [0.1, 0.15) is 25.3 Å². The van der Waals surface area contributed by atoms with Crippen molar-refractivity contribution in [3.05, 3.63) is 28.7 Å². The zero-order valence-electron chi connectivity index (χ0n) is 17.1. The molecule has 0 radical (unpaired) electrons. The normalized spacial score (nSPS) is 22.4. The molecule has 1 aromatic rings. The van der Waals surface area contributed by atoms with E-state index in [-0.39, 0.29) is 43.0 Å². The molecule has 31 heavy (non-hydrogen) atoms. The lowest BCUT2D eigenvalue weighted by atomic mass is 10.2. The lowest BCUT2D eigenvalue weighted by molar-refractivity contribution is -0.134. The molecule has 2 atom stereocenters. The van der Waals surface area contributed by atoms with Gasteiger partial charge in [-0.2, -0.15) is 0 Å². The molecule has 2 saturated heterocycles. The number of carbonyl (C=O) groups is 3. The van der Waals surface area contributed by atoms with E-state index in [1.54, 1.807) is 31.2 Å². The maximum atomic E-state index is 12.6. The zero-order chi connectivity index (χ0) is 21.8. The van der Waals surface area contributed by atoms with Crippen molar-refractivity contribution in [3.63, 3.8) is 0 Å². The Morgan fingerprint density at radius 1 is 1.35 bits per heavy atom. The fourth-order valence-electron chi connectivity index (χ4n) is 3.38. The predicted molar refractivity (Wildman–Crippen MR) is 113 cm³/mol. The Bertz CT molecular complexity index is 898. The van der Waals surface area contributed by atoms with Gasteiger partial charge in [0, 0.05) is 19.7 Å². The van der Waals surface area contributed by atoms with Crippen LogP contribution < -0.4 is 14.8 Å². The summed E-state index contributed by atoms with van der Waals surface area (Å²) in [4.78, 5) is 38.5. The van der Waals surface area contributed by atoms with E-state index in [0.717, 1.165) is 41.7 Å². The van der Waals surface area contributed by atoms with E-state index in [4.69, 9.17) is 18.9 Å². The third-order valence-electron chi connectivity index (χ3n) is 5.13. The summed E-state index contributed by atoms with van der Waals surface area (Å²) in [5.41, 5.74) is 0.736. The van der Waals surface area contributed by atoms with E-state index in [9.17, 15) is 14.4 Å². The van der Waals surface area contributed by atoms with Crippen LogP contribution in [0.3, 0.4) is 0 Å². The molecule has 3 aliphatic heterocycles. The molecule has 2 unspecified atom stereocenters. The van der Waals surface area contributed by atoms with Crippen LogP contribution >= 0.6 is 11.8 Å². The Hall–Kier alpha value is -2.56. The predicted octanol–water partition coefficient (Wildman–Crippen LogP) is 2.15. The fraction of sp³-hybridized carbons (Fsp3) is 0.476. The van der Waals surface area contributed by atoms with Crippen LogP contribution in [0.2, 0.25) is 0 Å². The first kappa shape index (κ1) is 21.7. The quantitative estimate of drug-likeness (QED) is 0.604. The molecular formula is C21H24N2O7S. The Balaban J connectivity index is 1.25. The van der Waals surface area contributed by atoms with Crippen LogP contribution in [0.15, 0.2) is 23.1 Å². The molecule has 166 valence electrons. The van der Waals surface area contributed by atoms with E-state index in [1.807, 2.05) is 0 Å². The minimum Gasteiger partial charge on any atom is -0.454 e. The first-order valence-corrected chi connectivity index (χ1v) is 11.0. The topological polar surface area (TPSA) is 103 Å². The molecule has 4 rings (SSSR count). The van der Waals surface area contributed by atoms with Crippen molar-refractivity contribution in [1.29, 1.82) is 0 Å². The molecule has 3 heterocycles. The highest BCUT2D eigenvalue weighted by Crippen LogP contribution is 2.36. The summed E-state index contributed by atoms with van der Waals surface area (Å²) in [6.45, 7) is 3.19. The molecule has 3 amide bonds. The van der Waals surface area contributed by atoms with Crippen LogP contribution in [0, 0.1) is 0 Å². The van der Waals surface area contributed by atoms with Crippen molar-refractivity contribution in [2.75, 3.05) is 33.1 Å². The second-order valence-electron chi connectivity index (χ2n) is 7.35. The van der Waals surface area contributed by atoms with Gasteiger partial charge in [-0.1, -0.05) is 6.07 Å². The van der Waals surface area contributed by atoms with E-state index in [0.29, 0.717) is 23.0 Å².